The standard InChI is InChI=1S/C30H54O4/c1-3-4-17-28(24-32)18-10-7-5-6-8-11-19-29(25-33)20-12-9-13-21-30(26-34)22-15-14-16-27(2)23-31/h23-30H,3-22H2,1-2H3. The van der Waals surface area contributed by atoms with Crippen LogP contribution in [0.5, 0.6) is 0 Å². The molecule has 34 heavy (non-hydrogen) atoms. The van der Waals surface area contributed by atoms with Gasteiger partial charge >= 0.3 is 0 Å². The Kier molecular flexibility index (Phi) is 23.8. The summed E-state index contributed by atoms with van der Waals surface area (Å²) in [7, 11) is 0. The van der Waals surface area contributed by atoms with E-state index in [1.54, 1.807) is 0 Å². The van der Waals surface area contributed by atoms with Crippen molar-refractivity contribution in [2.45, 2.75) is 142 Å². The first kappa shape index (κ1) is 32.7. The molecule has 4 nitrogen and oxygen atoms in total. The third-order valence-corrected chi connectivity index (χ3v) is 7.27. The summed E-state index contributed by atoms with van der Waals surface area (Å²) in [4.78, 5) is 44.5. The second-order valence-corrected chi connectivity index (χ2v) is 10.6. The molecular weight excluding hydrogens is 424 g/mol. The van der Waals surface area contributed by atoms with Crippen LogP contribution in [-0.4, -0.2) is 25.1 Å². The molecule has 0 rings (SSSR count). The van der Waals surface area contributed by atoms with Crippen LogP contribution in [0.3, 0.4) is 0 Å². The fourth-order valence-corrected chi connectivity index (χ4v) is 4.76. The monoisotopic (exact) mass is 478 g/mol. The van der Waals surface area contributed by atoms with E-state index in [0.29, 0.717) is 0 Å². The van der Waals surface area contributed by atoms with Crippen molar-refractivity contribution in [3.63, 3.8) is 0 Å². The van der Waals surface area contributed by atoms with Gasteiger partial charge in [-0.1, -0.05) is 97.3 Å². The van der Waals surface area contributed by atoms with Gasteiger partial charge in [0.2, 0.25) is 0 Å². The average Bonchev–Trinajstić information content (AvgIpc) is 2.86. The number of hydrogen-bond acceptors (Lipinski definition) is 4. The number of carbonyl (C=O) groups is 4. The zero-order valence-corrected chi connectivity index (χ0v) is 22.4. The maximum absolute atomic E-state index is 11.4. The number of hydrogen-bond donors (Lipinski definition) is 0. The third kappa shape index (κ3) is 20.1. The highest BCUT2D eigenvalue weighted by atomic mass is 16.1. The topological polar surface area (TPSA) is 68.3 Å². The molecule has 0 heterocycles. The summed E-state index contributed by atoms with van der Waals surface area (Å²) in [6.07, 6.45) is 26.0. The van der Waals surface area contributed by atoms with Gasteiger partial charge in [0.15, 0.2) is 0 Å². The molecule has 4 unspecified atom stereocenters. The molecule has 0 aromatic rings. The van der Waals surface area contributed by atoms with Crippen molar-refractivity contribution in [1.82, 2.24) is 0 Å². The van der Waals surface area contributed by atoms with Crippen LogP contribution in [0.15, 0.2) is 0 Å². The number of rotatable bonds is 27. The van der Waals surface area contributed by atoms with Crippen LogP contribution in [0, 0.1) is 23.7 Å². The second-order valence-electron chi connectivity index (χ2n) is 10.6. The molecule has 0 radical (unpaired) electrons. The summed E-state index contributed by atoms with van der Waals surface area (Å²) in [6, 6.07) is 0. The lowest BCUT2D eigenvalue weighted by atomic mass is 9.92. The first-order valence-corrected chi connectivity index (χ1v) is 14.4. The van der Waals surface area contributed by atoms with Crippen LogP contribution in [0.2, 0.25) is 0 Å². The van der Waals surface area contributed by atoms with Gasteiger partial charge in [0, 0.05) is 23.7 Å². The minimum Gasteiger partial charge on any atom is -0.303 e. The van der Waals surface area contributed by atoms with Crippen molar-refractivity contribution in [2.75, 3.05) is 0 Å². The van der Waals surface area contributed by atoms with Crippen molar-refractivity contribution >= 4 is 25.1 Å². The molecule has 0 bridgehead atoms. The number of carbonyl (C=O) groups excluding carboxylic acids is 4. The van der Waals surface area contributed by atoms with Gasteiger partial charge in [-0.2, -0.15) is 0 Å². The Morgan fingerprint density at radius 2 is 0.706 bits per heavy atom. The Morgan fingerprint density at radius 3 is 1.06 bits per heavy atom. The lowest BCUT2D eigenvalue weighted by molar-refractivity contribution is -0.112. The summed E-state index contributed by atoms with van der Waals surface area (Å²) in [6.45, 7) is 4.12. The number of aldehydes is 4. The largest absolute Gasteiger partial charge is 0.303 e. The molecule has 0 spiro atoms. The summed E-state index contributed by atoms with van der Waals surface area (Å²) >= 11 is 0. The maximum Gasteiger partial charge on any atom is 0.123 e. The summed E-state index contributed by atoms with van der Waals surface area (Å²) in [5, 5.41) is 0. The molecule has 0 aromatic heterocycles. The van der Waals surface area contributed by atoms with Gasteiger partial charge in [-0.15, -0.1) is 0 Å². The highest BCUT2D eigenvalue weighted by Gasteiger charge is 2.10. The molecule has 0 aliphatic rings. The molecule has 0 aliphatic carbocycles. The van der Waals surface area contributed by atoms with Crippen molar-refractivity contribution in [1.29, 1.82) is 0 Å². The fourth-order valence-electron chi connectivity index (χ4n) is 4.76. The average molecular weight is 479 g/mol. The number of unbranched alkanes of at least 4 members (excludes halogenated alkanes) is 9. The highest BCUT2D eigenvalue weighted by molar-refractivity contribution is 5.54. The van der Waals surface area contributed by atoms with Crippen LogP contribution in [-0.2, 0) is 19.2 Å². The zero-order chi connectivity index (χ0) is 25.3. The van der Waals surface area contributed by atoms with E-state index < -0.39 is 0 Å². The lowest BCUT2D eigenvalue weighted by Crippen LogP contribution is -2.04. The van der Waals surface area contributed by atoms with Crippen molar-refractivity contribution < 1.29 is 19.2 Å². The molecule has 0 saturated heterocycles. The summed E-state index contributed by atoms with van der Waals surface area (Å²) in [5.41, 5.74) is 0. The van der Waals surface area contributed by atoms with E-state index >= 15 is 0 Å². The van der Waals surface area contributed by atoms with Crippen LogP contribution >= 0.6 is 0 Å². The van der Waals surface area contributed by atoms with Gasteiger partial charge in [0.25, 0.3) is 0 Å². The van der Waals surface area contributed by atoms with Gasteiger partial charge in [-0.25, -0.2) is 0 Å². The van der Waals surface area contributed by atoms with E-state index in [0.717, 1.165) is 128 Å². The molecule has 0 aliphatic heterocycles. The Morgan fingerprint density at radius 1 is 0.412 bits per heavy atom. The van der Waals surface area contributed by atoms with E-state index in [9.17, 15) is 19.2 Å². The molecule has 4 heteroatoms. The third-order valence-electron chi connectivity index (χ3n) is 7.27. The van der Waals surface area contributed by atoms with Crippen LogP contribution in [0.4, 0.5) is 0 Å². The molecule has 0 aromatic carbocycles. The van der Waals surface area contributed by atoms with E-state index in [-0.39, 0.29) is 23.7 Å². The summed E-state index contributed by atoms with van der Waals surface area (Å²) < 4.78 is 0. The molecule has 0 N–H and O–H groups in total. The van der Waals surface area contributed by atoms with E-state index in [1.807, 2.05) is 6.92 Å². The fraction of sp³-hybridized carbons (Fsp3) is 0.867. The van der Waals surface area contributed by atoms with Gasteiger partial charge in [-0.3, -0.25) is 0 Å². The molecule has 0 saturated carbocycles. The maximum atomic E-state index is 11.4. The predicted octanol–water partition coefficient (Wildman–Crippen LogP) is 8.09. The van der Waals surface area contributed by atoms with Gasteiger partial charge in [0.1, 0.15) is 25.1 Å². The first-order valence-electron chi connectivity index (χ1n) is 14.4. The summed E-state index contributed by atoms with van der Waals surface area (Å²) in [5.74, 6) is 0.728. The Hall–Kier alpha value is -1.32. The molecular formula is C30H54O4. The van der Waals surface area contributed by atoms with Crippen molar-refractivity contribution in [3.05, 3.63) is 0 Å². The zero-order valence-electron chi connectivity index (χ0n) is 22.4. The minimum atomic E-state index is 0.128. The second kappa shape index (κ2) is 24.8. The molecule has 198 valence electrons. The van der Waals surface area contributed by atoms with Gasteiger partial charge in [-0.05, 0) is 44.9 Å². The van der Waals surface area contributed by atoms with Crippen LogP contribution in [0.25, 0.3) is 0 Å². The molecule has 4 atom stereocenters. The Labute approximate surface area is 210 Å². The molecule has 0 amide bonds. The highest BCUT2D eigenvalue weighted by Crippen LogP contribution is 2.21. The molecule has 0 fully saturated rings. The predicted molar refractivity (Wildman–Crippen MR) is 142 cm³/mol. The van der Waals surface area contributed by atoms with Gasteiger partial charge in [0.05, 0.1) is 0 Å². The Bertz CT molecular complexity index is 490. The van der Waals surface area contributed by atoms with E-state index in [1.165, 1.54) is 25.7 Å². The minimum absolute atomic E-state index is 0.128. The smallest absolute Gasteiger partial charge is 0.123 e. The first-order chi connectivity index (χ1) is 16.6. The van der Waals surface area contributed by atoms with Crippen molar-refractivity contribution in [2.24, 2.45) is 23.7 Å². The quantitative estimate of drug-likeness (QED) is 0.0883. The lowest BCUT2D eigenvalue weighted by Gasteiger charge is -2.12. The Balaban J connectivity index is 3.67. The van der Waals surface area contributed by atoms with E-state index in [4.69, 9.17) is 0 Å². The van der Waals surface area contributed by atoms with Gasteiger partial charge < -0.3 is 19.2 Å². The van der Waals surface area contributed by atoms with Crippen molar-refractivity contribution in [3.8, 4) is 0 Å². The normalized spacial score (nSPS) is 14.8. The SMILES string of the molecule is CCCCC(C=O)CCCCCCCCC(C=O)CCCCCC(C=O)CCCCC(C)C=O. The van der Waals surface area contributed by atoms with E-state index in [2.05, 4.69) is 6.92 Å². The van der Waals surface area contributed by atoms with Crippen LogP contribution < -0.4 is 0 Å². The van der Waals surface area contributed by atoms with Crippen LogP contribution in [0.1, 0.15) is 142 Å².